The number of nitrogens with zero attached hydrogens (tertiary/aromatic N) is 2. The number of anilines is 1. The van der Waals surface area contributed by atoms with E-state index < -0.39 is 0 Å². The number of hydrogen-bond acceptors (Lipinski definition) is 7. The van der Waals surface area contributed by atoms with Crippen LogP contribution in [0, 0.1) is 27.7 Å². The third-order valence-corrected chi connectivity index (χ3v) is 6.39. The first-order valence-corrected chi connectivity index (χ1v) is 9.90. The Balaban J connectivity index is 1.83. The predicted octanol–water partition coefficient (Wildman–Crippen LogP) is 4.01. The number of Topliss-reactive ketones (excluding diaryl/α,β-unsaturated/α-hetero) is 2. The van der Waals surface area contributed by atoms with Crippen LogP contribution in [0.15, 0.2) is 5.16 Å². The Labute approximate surface area is 159 Å². The molecule has 0 fully saturated rings. The highest BCUT2D eigenvalue weighted by Gasteiger charge is 2.20. The van der Waals surface area contributed by atoms with Crippen molar-refractivity contribution in [1.29, 1.82) is 0 Å². The number of nitrogen functional groups attached to an aromatic ring is 1. The van der Waals surface area contributed by atoms with Crippen LogP contribution in [0.4, 0.5) is 5.82 Å². The van der Waals surface area contributed by atoms with Crippen LogP contribution >= 0.6 is 23.1 Å². The number of nitrogens with two attached hydrogens (primary N) is 1. The highest BCUT2D eigenvalue weighted by molar-refractivity contribution is 7.99. The van der Waals surface area contributed by atoms with E-state index in [2.05, 4.69) is 15.0 Å². The van der Waals surface area contributed by atoms with Crippen molar-refractivity contribution in [2.24, 2.45) is 0 Å². The molecule has 0 aliphatic heterocycles. The molecule has 8 heteroatoms. The number of thioether (sulfide) groups is 1. The van der Waals surface area contributed by atoms with Crippen LogP contribution in [0.2, 0.25) is 0 Å². The molecule has 136 valence electrons. The number of ketones is 2. The fourth-order valence-electron chi connectivity index (χ4n) is 3.08. The van der Waals surface area contributed by atoms with Crippen LogP contribution in [0.5, 0.6) is 0 Å². The van der Waals surface area contributed by atoms with Crippen LogP contribution in [0.3, 0.4) is 0 Å². The van der Waals surface area contributed by atoms with Gasteiger partial charge in [0, 0.05) is 16.1 Å². The van der Waals surface area contributed by atoms with Crippen molar-refractivity contribution < 1.29 is 9.59 Å². The molecule has 3 aromatic rings. The van der Waals surface area contributed by atoms with E-state index in [1.807, 2.05) is 13.8 Å². The molecule has 0 aliphatic rings. The molecule has 0 aliphatic carbocycles. The molecule has 0 bridgehead atoms. The zero-order chi connectivity index (χ0) is 19.2. The van der Waals surface area contributed by atoms with E-state index >= 15 is 0 Å². The average molecular weight is 389 g/mol. The molecule has 0 radical (unpaired) electrons. The third-order valence-electron chi connectivity index (χ3n) is 4.44. The van der Waals surface area contributed by atoms with Gasteiger partial charge in [0.2, 0.25) is 0 Å². The van der Waals surface area contributed by atoms with E-state index in [4.69, 9.17) is 5.73 Å². The van der Waals surface area contributed by atoms with E-state index in [-0.39, 0.29) is 17.3 Å². The van der Waals surface area contributed by atoms with Gasteiger partial charge in [-0.3, -0.25) is 9.59 Å². The number of H-pyrrole nitrogens is 1. The molecule has 26 heavy (non-hydrogen) atoms. The van der Waals surface area contributed by atoms with Gasteiger partial charge in [0.1, 0.15) is 10.6 Å². The van der Waals surface area contributed by atoms with Gasteiger partial charge in [-0.25, -0.2) is 9.97 Å². The van der Waals surface area contributed by atoms with Crippen molar-refractivity contribution >= 4 is 50.7 Å². The maximum atomic E-state index is 12.6. The zero-order valence-electron chi connectivity index (χ0n) is 15.3. The second-order valence-electron chi connectivity index (χ2n) is 6.25. The highest BCUT2D eigenvalue weighted by Crippen LogP contribution is 2.33. The summed E-state index contributed by atoms with van der Waals surface area (Å²) < 4.78 is 0. The van der Waals surface area contributed by atoms with Gasteiger partial charge in [-0.1, -0.05) is 11.8 Å². The lowest BCUT2D eigenvalue weighted by Crippen LogP contribution is -2.06. The largest absolute Gasteiger partial charge is 0.383 e. The molecule has 0 unspecified atom stereocenters. The summed E-state index contributed by atoms with van der Waals surface area (Å²) in [5, 5.41) is 1.38. The number of hydrogen-bond donors (Lipinski definition) is 2. The molecule has 0 amide bonds. The molecule has 0 spiro atoms. The number of fused-ring (bicyclic) bond motifs is 1. The van der Waals surface area contributed by atoms with Gasteiger partial charge in [0.05, 0.1) is 16.8 Å². The van der Waals surface area contributed by atoms with Crippen LogP contribution in [-0.2, 0) is 0 Å². The van der Waals surface area contributed by atoms with Crippen molar-refractivity contribution in [3.05, 3.63) is 33.0 Å². The van der Waals surface area contributed by atoms with Gasteiger partial charge >= 0.3 is 0 Å². The lowest BCUT2D eigenvalue weighted by atomic mass is 10.1. The molecular formula is C18H20N4O2S2. The van der Waals surface area contributed by atoms with E-state index in [1.54, 1.807) is 25.2 Å². The van der Waals surface area contributed by atoms with Crippen molar-refractivity contribution in [1.82, 2.24) is 15.0 Å². The molecule has 0 atom stereocenters. The lowest BCUT2D eigenvalue weighted by Gasteiger charge is -2.03. The quantitative estimate of drug-likeness (QED) is 0.389. The monoisotopic (exact) mass is 388 g/mol. The van der Waals surface area contributed by atoms with Crippen LogP contribution in [-0.4, -0.2) is 32.3 Å². The Morgan fingerprint density at radius 2 is 1.85 bits per heavy atom. The Bertz CT molecular complexity index is 1050. The number of carbonyl (C=O) groups excluding carboxylic acids is 2. The summed E-state index contributed by atoms with van der Waals surface area (Å²) in [4.78, 5) is 38.2. The van der Waals surface area contributed by atoms with E-state index in [9.17, 15) is 9.59 Å². The summed E-state index contributed by atoms with van der Waals surface area (Å²) >= 11 is 2.83. The first kappa shape index (κ1) is 18.6. The lowest BCUT2D eigenvalue weighted by molar-refractivity contribution is 0.101. The maximum absolute atomic E-state index is 12.6. The summed E-state index contributed by atoms with van der Waals surface area (Å²) in [6.45, 7) is 9.12. The minimum Gasteiger partial charge on any atom is -0.383 e. The number of rotatable bonds is 5. The minimum absolute atomic E-state index is 0.0482. The highest BCUT2D eigenvalue weighted by atomic mass is 32.2. The summed E-state index contributed by atoms with van der Waals surface area (Å²) in [6, 6.07) is 0. The average Bonchev–Trinajstić information content (AvgIpc) is 3.01. The van der Waals surface area contributed by atoms with Gasteiger partial charge in [-0.15, -0.1) is 11.3 Å². The summed E-state index contributed by atoms with van der Waals surface area (Å²) in [6.07, 6.45) is 0. The Hall–Kier alpha value is -2.19. The number of carbonyl (C=O) groups is 2. The molecule has 3 aromatic heterocycles. The number of aromatic amines is 1. The SMILES string of the molecule is CC(=O)c1c(C)[nH]c(C(=O)CSc2nc(N)c3c(C)c(C)sc3n2)c1C. The standard InChI is InChI=1S/C18H20N4O2S2/c1-7-11(5)26-17-14(7)16(19)21-18(22-17)25-6-12(24)15-8(2)13(10(4)23)9(3)20-15/h20H,6H2,1-5H3,(H2,19,21,22). The number of aromatic nitrogens is 3. The van der Waals surface area contributed by atoms with E-state index in [0.717, 1.165) is 26.4 Å². The fourth-order valence-corrected chi connectivity index (χ4v) is 4.90. The van der Waals surface area contributed by atoms with E-state index in [1.165, 1.54) is 18.7 Å². The van der Waals surface area contributed by atoms with Gasteiger partial charge in [-0.05, 0) is 45.7 Å². The van der Waals surface area contributed by atoms with Gasteiger partial charge in [-0.2, -0.15) is 0 Å². The Morgan fingerprint density at radius 3 is 2.46 bits per heavy atom. The van der Waals surface area contributed by atoms with Crippen LogP contribution in [0.25, 0.3) is 10.2 Å². The maximum Gasteiger partial charge on any atom is 0.191 e. The molecular weight excluding hydrogens is 368 g/mol. The molecule has 3 rings (SSSR count). The molecule has 0 saturated carbocycles. The Kier molecular flexibility index (Phi) is 4.90. The van der Waals surface area contributed by atoms with Gasteiger partial charge < -0.3 is 10.7 Å². The van der Waals surface area contributed by atoms with Crippen LogP contribution in [0.1, 0.15) is 49.5 Å². The van der Waals surface area contributed by atoms with Gasteiger partial charge in [0.15, 0.2) is 16.7 Å². The fraction of sp³-hybridized carbons (Fsp3) is 0.333. The zero-order valence-corrected chi connectivity index (χ0v) is 16.9. The van der Waals surface area contributed by atoms with Crippen molar-refractivity contribution in [3.63, 3.8) is 0 Å². The summed E-state index contributed by atoms with van der Waals surface area (Å²) in [5.41, 5.74) is 9.65. The second kappa shape index (κ2) is 6.85. The smallest absolute Gasteiger partial charge is 0.191 e. The second-order valence-corrected chi connectivity index (χ2v) is 8.39. The third kappa shape index (κ3) is 3.14. The number of nitrogens with one attached hydrogen (secondary N) is 1. The number of aryl methyl sites for hydroxylation is 3. The number of thiophene rings is 1. The summed E-state index contributed by atoms with van der Waals surface area (Å²) in [5.74, 6) is 0.473. The minimum atomic E-state index is -0.0936. The molecule has 3 N–H and O–H groups in total. The normalized spacial score (nSPS) is 11.3. The molecule has 6 nitrogen and oxygen atoms in total. The van der Waals surface area contributed by atoms with Crippen molar-refractivity contribution in [2.45, 2.75) is 39.8 Å². The Morgan fingerprint density at radius 1 is 1.15 bits per heavy atom. The van der Waals surface area contributed by atoms with Crippen LogP contribution < -0.4 is 5.73 Å². The predicted molar refractivity (Wildman–Crippen MR) is 107 cm³/mol. The van der Waals surface area contributed by atoms with E-state index in [0.29, 0.717) is 27.8 Å². The topological polar surface area (TPSA) is 102 Å². The first-order chi connectivity index (χ1) is 12.2. The van der Waals surface area contributed by atoms with Gasteiger partial charge in [0.25, 0.3) is 0 Å². The summed E-state index contributed by atoms with van der Waals surface area (Å²) in [7, 11) is 0. The molecule has 0 aromatic carbocycles. The molecule has 3 heterocycles. The van der Waals surface area contributed by atoms with Crippen molar-refractivity contribution in [3.8, 4) is 0 Å². The molecule has 0 saturated heterocycles. The van der Waals surface area contributed by atoms with Crippen molar-refractivity contribution in [2.75, 3.05) is 11.5 Å². The first-order valence-electron chi connectivity index (χ1n) is 8.10.